The number of thiazole rings is 1. The first kappa shape index (κ1) is 21.3. The maximum Gasteiger partial charge on any atom is 0.265 e. The van der Waals surface area contributed by atoms with Crippen LogP contribution < -0.4 is 5.32 Å². The van der Waals surface area contributed by atoms with Crippen molar-refractivity contribution < 1.29 is 14.7 Å². The number of piperidine rings is 1. The number of benzene rings is 1. The van der Waals surface area contributed by atoms with Gasteiger partial charge in [-0.25, -0.2) is 4.98 Å². The van der Waals surface area contributed by atoms with Crippen molar-refractivity contribution in [3.8, 4) is 16.3 Å². The van der Waals surface area contributed by atoms with Crippen LogP contribution >= 0.6 is 22.9 Å². The van der Waals surface area contributed by atoms with Crippen molar-refractivity contribution in [3.63, 3.8) is 0 Å². The van der Waals surface area contributed by atoms with Crippen molar-refractivity contribution in [1.82, 2.24) is 14.9 Å². The van der Waals surface area contributed by atoms with Crippen LogP contribution in [0.5, 0.6) is 5.75 Å². The van der Waals surface area contributed by atoms with Crippen LogP contribution in [0.4, 0.5) is 5.69 Å². The van der Waals surface area contributed by atoms with Gasteiger partial charge in [0.05, 0.1) is 17.3 Å². The Morgan fingerprint density at radius 1 is 1.32 bits per heavy atom. The molecule has 1 aliphatic rings. The van der Waals surface area contributed by atoms with E-state index in [2.05, 4.69) is 15.3 Å². The summed E-state index contributed by atoms with van der Waals surface area (Å²) < 4.78 is 0. The molecule has 1 unspecified atom stereocenters. The zero-order valence-electron chi connectivity index (χ0n) is 16.8. The van der Waals surface area contributed by atoms with Gasteiger partial charge in [-0.3, -0.25) is 14.6 Å². The third-order valence-electron chi connectivity index (χ3n) is 5.20. The maximum atomic E-state index is 13.2. The van der Waals surface area contributed by atoms with Gasteiger partial charge in [0.1, 0.15) is 15.6 Å². The van der Waals surface area contributed by atoms with Crippen LogP contribution in [0.3, 0.4) is 0 Å². The van der Waals surface area contributed by atoms with Gasteiger partial charge in [0, 0.05) is 36.1 Å². The summed E-state index contributed by atoms with van der Waals surface area (Å²) in [6, 6.07) is 8.22. The van der Waals surface area contributed by atoms with Gasteiger partial charge >= 0.3 is 0 Å². The van der Waals surface area contributed by atoms with Crippen molar-refractivity contribution in [2.75, 3.05) is 18.4 Å². The molecule has 2 N–H and O–H groups in total. The van der Waals surface area contributed by atoms with E-state index in [0.717, 1.165) is 17.0 Å². The van der Waals surface area contributed by atoms with Crippen LogP contribution in [0.2, 0.25) is 5.02 Å². The molecule has 0 radical (unpaired) electrons. The topological polar surface area (TPSA) is 95.4 Å². The highest BCUT2D eigenvalue weighted by atomic mass is 35.5. The number of halogens is 1. The Kier molecular flexibility index (Phi) is 6.20. The van der Waals surface area contributed by atoms with E-state index in [4.69, 9.17) is 11.6 Å². The molecule has 3 heterocycles. The molecule has 1 aliphatic heterocycles. The minimum absolute atomic E-state index is 0.0512. The molecule has 0 spiro atoms. The predicted octanol–water partition coefficient (Wildman–Crippen LogP) is 4.36. The molecule has 0 bridgehead atoms. The number of aromatic nitrogens is 2. The summed E-state index contributed by atoms with van der Waals surface area (Å²) in [5, 5.41) is 13.8. The molecule has 0 aliphatic carbocycles. The van der Waals surface area contributed by atoms with Gasteiger partial charge in [0.15, 0.2) is 0 Å². The van der Waals surface area contributed by atoms with Crippen LogP contribution in [0.25, 0.3) is 10.6 Å². The fourth-order valence-corrected chi connectivity index (χ4v) is 4.77. The molecular weight excluding hydrogens is 436 g/mol. The minimum Gasteiger partial charge on any atom is -0.506 e. The number of rotatable bonds is 4. The van der Waals surface area contributed by atoms with Crippen molar-refractivity contribution in [3.05, 3.63) is 58.3 Å². The van der Waals surface area contributed by atoms with Crippen LogP contribution in [-0.4, -0.2) is 44.9 Å². The Morgan fingerprint density at radius 3 is 2.94 bits per heavy atom. The Balaban J connectivity index is 1.47. The third-order valence-corrected chi connectivity index (χ3v) is 6.62. The van der Waals surface area contributed by atoms with Gasteiger partial charge in [-0.1, -0.05) is 11.6 Å². The lowest BCUT2D eigenvalue weighted by atomic mass is 9.96. The highest BCUT2D eigenvalue weighted by molar-refractivity contribution is 7.17. The number of nitrogens with one attached hydrogen (secondary N) is 1. The number of pyridine rings is 1. The number of phenols is 1. The third kappa shape index (κ3) is 4.70. The monoisotopic (exact) mass is 456 g/mol. The van der Waals surface area contributed by atoms with E-state index in [-0.39, 0.29) is 29.2 Å². The summed E-state index contributed by atoms with van der Waals surface area (Å²) in [5.41, 5.74) is 1.80. The quantitative estimate of drug-likeness (QED) is 0.568. The van der Waals surface area contributed by atoms with E-state index in [1.54, 1.807) is 23.4 Å². The van der Waals surface area contributed by atoms with Crippen LogP contribution in [0.15, 0.2) is 42.7 Å². The van der Waals surface area contributed by atoms with Crippen molar-refractivity contribution in [2.45, 2.75) is 19.8 Å². The number of hydrogen-bond acceptors (Lipinski definition) is 6. The summed E-state index contributed by atoms with van der Waals surface area (Å²) in [6.07, 6.45) is 4.80. The van der Waals surface area contributed by atoms with E-state index >= 15 is 0 Å². The van der Waals surface area contributed by atoms with Gasteiger partial charge in [-0.15, -0.1) is 11.3 Å². The molecule has 1 fully saturated rings. The zero-order chi connectivity index (χ0) is 22.0. The SMILES string of the molecule is Cc1nc(-c2cccnc2)sc1C(=O)N1CCCC(C(=O)Nc2cc(Cl)ccc2O)C1. The molecule has 7 nitrogen and oxygen atoms in total. The molecule has 1 saturated heterocycles. The molecule has 0 saturated carbocycles. The number of likely N-dealkylation sites (tertiary alicyclic amines) is 1. The molecular formula is C22H21ClN4O3S. The molecule has 2 amide bonds. The first-order valence-corrected chi connectivity index (χ1v) is 11.1. The van der Waals surface area contributed by atoms with Gasteiger partial charge < -0.3 is 15.3 Å². The van der Waals surface area contributed by atoms with Gasteiger partial charge in [-0.2, -0.15) is 0 Å². The largest absolute Gasteiger partial charge is 0.506 e. The first-order chi connectivity index (χ1) is 14.9. The summed E-state index contributed by atoms with van der Waals surface area (Å²) in [6.45, 7) is 2.72. The van der Waals surface area contributed by atoms with Crippen molar-refractivity contribution in [2.24, 2.45) is 5.92 Å². The number of amides is 2. The fraction of sp³-hybridized carbons (Fsp3) is 0.273. The minimum atomic E-state index is -0.373. The predicted molar refractivity (Wildman–Crippen MR) is 120 cm³/mol. The Hall–Kier alpha value is -2.97. The average Bonchev–Trinajstić information content (AvgIpc) is 3.18. The van der Waals surface area contributed by atoms with Crippen LogP contribution in [0, 0.1) is 12.8 Å². The normalized spacial score (nSPS) is 16.2. The van der Waals surface area contributed by atoms with Gasteiger partial charge in [-0.05, 0) is 50.1 Å². The smallest absolute Gasteiger partial charge is 0.265 e. The maximum absolute atomic E-state index is 13.2. The lowest BCUT2D eigenvalue weighted by molar-refractivity contribution is -0.121. The summed E-state index contributed by atoms with van der Waals surface area (Å²) in [5.74, 6) is -0.785. The van der Waals surface area contributed by atoms with E-state index in [0.29, 0.717) is 35.1 Å². The number of carbonyl (C=O) groups excluding carboxylic acids is 2. The van der Waals surface area contributed by atoms with E-state index < -0.39 is 0 Å². The highest BCUT2D eigenvalue weighted by Gasteiger charge is 2.31. The number of carbonyl (C=O) groups is 2. The molecule has 2 aromatic heterocycles. The number of aromatic hydroxyl groups is 1. The number of hydrogen-bond donors (Lipinski definition) is 2. The molecule has 31 heavy (non-hydrogen) atoms. The second-order valence-corrected chi connectivity index (χ2v) is 8.85. The molecule has 4 rings (SSSR count). The standard InChI is InChI=1S/C22H21ClN4O3S/c1-13-19(31-21(25-13)14-4-2-8-24-11-14)22(30)27-9-3-5-15(12-27)20(29)26-17-10-16(23)6-7-18(17)28/h2,4,6-8,10-11,15,28H,3,5,9,12H2,1H3,(H,26,29). The Bertz CT molecular complexity index is 1120. The molecule has 1 atom stereocenters. The number of aryl methyl sites for hydroxylation is 1. The van der Waals surface area contributed by atoms with Crippen molar-refractivity contribution >= 4 is 40.4 Å². The lowest BCUT2D eigenvalue weighted by Gasteiger charge is -2.32. The molecule has 160 valence electrons. The first-order valence-electron chi connectivity index (χ1n) is 9.89. The Labute approximate surface area is 188 Å². The van der Waals surface area contributed by atoms with Crippen LogP contribution in [-0.2, 0) is 4.79 Å². The summed E-state index contributed by atoms with van der Waals surface area (Å²) in [4.78, 5) is 36.9. The second-order valence-electron chi connectivity index (χ2n) is 7.42. The molecule has 1 aromatic carbocycles. The lowest BCUT2D eigenvalue weighted by Crippen LogP contribution is -2.43. The fourth-order valence-electron chi connectivity index (χ4n) is 3.57. The van der Waals surface area contributed by atoms with Gasteiger partial charge in [0.2, 0.25) is 5.91 Å². The zero-order valence-corrected chi connectivity index (χ0v) is 18.4. The van der Waals surface area contributed by atoms with Gasteiger partial charge in [0.25, 0.3) is 5.91 Å². The summed E-state index contributed by atoms with van der Waals surface area (Å²) in [7, 11) is 0. The highest BCUT2D eigenvalue weighted by Crippen LogP contribution is 2.31. The Morgan fingerprint density at radius 2 is 2.16 bits per heavy atom. The van der Waals surface area contributed by atoms with Crippen molar-refractivity contribution in [1.29, 1.82) is 0 Å². The summed E-state index contributed by atoms with van der Waals surface area (Å²) >= 11 is 7.30. The van der Waals surface area contributed by atoms with E-state index in [1.807, 2.05) is 19.1 Å². The number of phenolic OH excluding ortho intramolecular Hbond substituents is 1. The molecule has 3 aromatic rings. The number of nitrogens with zero attached hydrogens (tertiary/aromatic N) is 3. The average molecular weight is 457 g/mol. The van der Waals surface area contributed by atoms with E-state index in [1.165, 1.54) is 23.5 Å². The van der Waals surface area contributed by atoms with Crippen LogP contribution in [0.1, 0.15) is 28.2 Å². The second kappa shape index (κ2) is 9.03. The van der Waals surface area contributed by atoms with E-state index in [9.17, 15) is 14.7 Å². The molecule has 9 heteroatoms. The number of anilines is 1.